The third-order valence-electron chi connectivity index (χ3n) is 2.61. The van der Waals surface area contributed by atoms with Crippen molar-refractivity contribution in [1.82, 2.24) is 5.32 Å². The molecule has 94 valence electrons. The molecule has 0 spiro atoms. The van der Waals surface area contributed by atoms with E-state index >= 15 is 0 Å². The van der Waals surface area contributed by atoms with Gasteiger partial charge in [0.05, 0.1) is 5.56 Å². The highest BCUT2D eigenvalue weighted by atomic mass is 79.9. The van der Waals surface area contributed by atoms with Crippen molar-refractivity contribution in [3.8, 4) is 0 Å². The van der Waals surface area contributed by atoms with Crippen LogP contribution in [-0.4, -0.2) is 24.0 Å². The Morgan fingerprint density at radius 3 is 2.82 bits per heavy atom. The van der Waals surface area contributed by atoms with Crippen molar-refractivity contribution in [3.63, 3.8) is 0 Å². The molecule has 1 rings (SSSR count). The highest BCUT2D eigenvalue weighted by molar-refractivity contribution is 9.10. The summed E-state index contributed by atoms with van der Waals surface area (Å²) in [7, 11) is 0. The Balaban J connectivity index is 2.52. The number of nitrogens with one attached hydrogen (secondary N) is 1. The minimum Gasteiger partial charge on any atom is -0.352 e. The Morgan fingerprint density at radius 1 is 1.53 bits per heavy atom. The average molecular weight is 316 g/mol. The van der Waals surface area contributed by atoms with Crippen LogP contribution in [0, 0.1) is 6.92 Å². The maximum Gasteiger partial charge on any atom is 0.252 e. The fourth-order valence-electron chi connectivity index (χ4n) is 1.41. The summed E-state index contributed by atoms with van der Waals surface area (Å²) in [5.74, 6) is -0.00909. The zero-order chi connectivity index (χ0) is 12.8. The van der Waals surface area contributed by atoms with Crippen LogP contribution in [0.5, 0.6) is 0 Å². The predicted molar refractivity (Wildman–Crippen MR) is 78.8 cm³/mol. The molecule has 17 heavy (non-hydrogen) atoms. The predicted octanol–water partition coefficient (Wildman–Crippen LogP) is 3.63. The summed E-state index contributed by atoms with van der Waals surface area (Å²) in [6, 6.07) is 5.76. The van der Waals surface area contributed by atoms with E-state index in [4.69, 9.17) is 0 Å². The molecule has 1 N–H and O–H groups in total. The van der Waals surface area contributed by atoms with Gasteiger partial charge in [-0.15, -0.1) is 0 Å². The fourth-order valence-corrected chi connectivity index (χ4v) is 2.43. The summed E-state index contributed by atoms with van der Waals surface area (Å²) in [6.45, 7) is 4.90. The van der Waals surface area contributed by atoms with Crippen LogP contribution in [0.4, 0.5) is 0 Å². The molecule has 0 bridgehead atoms. The Morgan fingerprint density at radius 2 is 2.24 bits per heavy atom. The fraction of sp³-hybridized carbons (Fsp3) is 0.462. The van der Waals surface area contributed by atoms with Gasteiger partial charge in [-0.1, -0.05) is 13.0 Å². The Hall–Kier alpha value is -0.480. The van der Waals surface area contributed by atoms with E-state index in [0.717, 1.165) is 23.0 Å². The lowest BCUT2D eigenvalue weighted by Crippen LogP contribution is -2.26. The van der Waals surface area contributed by atoms with Crippen molar-refractivity contribution in [2.45, 2.75) is 25.5 Å². The minimum absolute atomic E-state index is 0.00909. The lowest BCUT2D eigenvalue weighted by atomic mass is 10.1. The molecule has 1 aromatic rings. The first-order valence-electron chi connectivity index (χ1n) is 5.61. The molecule has 4 heteroatoms. The van der Waals surface area contributed by atoms with Gasteiger partial charge in [0, 0.05) is 16.3 Å². The van der Waals surface area contributed by atoms with E-state index in [1.807, 2.05) is 36.9 Å². The number of carbonyl (C=O) groups excluding carboxylic acids is 1. The minimum atomic E-state index is -0.00909. The SMILES string of the molecule is CSC(C)CCNC(=O)c1ccc(C)cc1Br. The molecule has 1 atom stereocenters. The molecular formula is C13H18BrNOS. The molecular weight excluding hydrogens is 298 g/mol. The lowest BCUT2D eigenvalue weighted by molar-refractivity contribution is 0.0952. The average Bonchev–Trinajstić information content (AvgIpc) is 2.28. The lowest BCUT2D eigenvalue weighted by Gasteiger charge is -2.10. The number of halogens is 1. The number of hydrogen-bond donors (Lipinski definition) is 1. The van der Waals surface area contributed by atoms with Gasteiger partial charge in [0.25, 0.3) is 5.91 Å². The highest BCUT2D eigenvalue weighted by Crippen LogP contribution is 2.18. The summed E-state index contributed by atoms with van der Waals surface area (Å²) < 4.78 is 0.855. The molecule has 1 aromatic carbocycles. The van der Waals surface area contributed by atoms with Crippen molar-refractivity contribution in [2.75, 3.05) is 12.8 Å². The van der Waals surface area contributed by atoms with Crippen molar-refractivity contribution < 1.29 is 4.79 Å². The first-order chi connectivity index (χ1) is 8.04. The van der Waals surface area contributed by atoms with Crippen LogP contribution < -0.4 is 5.32 Å². The monoisotopic (exact) mass is 315 g/mol. The van der Waals surface area contributed by atoms with Crippen LogP contribution in [0.15, 0.2) is 22.7 Å². The van der Waals surface area contributed by atoms with Gasteiger partial charge in [-0.25, -0.2) is 0 Å². The zero-order valence-electron chi connectivity index (χ0n) is 10.4. The van der Waals surface area contributed by atoms with Gasteiger partial charge in [-0.3, -0.25) is 4.79 Å². The van der Waals surface area contributed by atoms with Gasteiger partial charge >= 0.3 is 0 Å². The topological polar surface area (TPSA) is 29.1 Å². The third-order valence-corrected chi connectivity index (χ3v) is 4.30. The molecule has 0 aliphatic heterocycles. The summed E-state index contributed by atoms with van der Waals surface area (Å²) in [6.07, 6.45) is 3.08. The van der Waals surface area contributed by atoms with Crippen LogP contribution in [0.1, 0.15) is 29.3 Å². The van der Waals surface area contributed by atoms with Crippen LogP contribution in [-0.2, 0) is 0 Å². The third kappa shape index (κ3) is 4.72. The van der Waals surface area contributed by atoms with Crippen LogP contribution in [0.25, 0.3) is 0 Å². The molecule has 0 saturated heterocycles. The Bertz CT molecular complexity index is 395. The van der Waals surface area contributed by atoms with E-state index in [-0.39, 0.29) is 5.91 Å². The summed E-state index contributed by atoms with van der Waals surface area (Å²) in [4.78, 5) is 11.9. The molecule has 0 aliphatic rings. The smallest absolute Gasteiger partial charge is 0.252 e. The number of hydrogen-bond acceptors (Lipinski definition) is 2. The number of thioether (sulfide) groups is 1. The summed E-state index contributed by atoms with van der Waals surface area (Å²) >= 11 is 5.23. The standard InChI is InChI=1S/C13H18BrNOS/c1-9-4-5-11(12(14)8-9)13(16)15-7-6-10(2)17-3/h4-5,8,10H,6-7H2,1-3H3,(H,15,16). The van der Waals surface area contributed by atoms with Crippen LogP contribution >= 0.6 is 27.7 Å². The molecule has 0 aliphatic carbocycles. The van der Waals surface area contributed by atoms with Gasteiger partial charge in [0.2, 0.25) is 0 Å². The van der Waals surface area contributed by atoms with Crippen molar-refractivity contribution in [2.24, 2.45) is 0 Å². The Labute approximate surface area is 116 Å². The molecule has 0 aromatic heterocycles. The second kappa shape index (κ2) is 7.07. The summed E-state index contributed by atoms with van der Waals surface area (Å²) in [5, 5.41) is 3.52. The molecule has 0 radical (unpaired) electrons. The van der Waals surface area contributed by atoms with Gasteiger partial charge in [-0.2, -0.15) is 11.8 Å². The maximum absolute atomic E-state index is 11.9. The van der Waals surface area contributed by atoms with Crippen LogP contribution in [0.2, 0.25) is 0 Å². The van der Waals surface area contributed by atoms with E-state index in [0.29, 0.717) is 10.8 Å². The second-order valence-corrected chi connectivity index (χ2v) is 6.20. The maximum atomic E-state index is 11.9. The number of amides is 1. The van der Waals surface area contributed by atoms with Gasteiger partial charge < -0.3 is 5.32 Å². The second-order valence-electron chi connectivity index (χ2n) is 4.07. The molecule has 2 nitrogen and oxygen atoms in total. The van der Waals surface area contributed by atoms with E-state index in [1.54, 1.807) is 0 Å². The van der Waals surface area contributed by atoms with Gasteiger partial charge in [-0.05, 0) is 53.2 Å². The largest absolute Gasteiger partial charge is 0.352 e. The summed E-state index contributed by atoms with van der Waals surface area (Å²) in [5.41, 5.74) is 1.84. The molecule has 0 heterocycles. The van der Waals surface area contributed by atoms with E-state index in [2.05, 4.69) is 34.4 Å². The van der Waals surface area contributed by atoms with Crippen LogP contribution in [0.3, 0.4) is 0 Å². The Kier molecular flexibility index (Phi) is 6.06. The van der Waals surface area contributed by atoms with Gasteiger partial charge in [0.1, 0.15) is 0 Å². The normalized spacial score (nSPS) is 12.2. The molecule has 0 fully saturated rings. The zero-order valence-corrected chi connectivity index (χ0v) is 12.8. The molecule has 1 unspecified atom stereocenters. The van der Waals surface area contributed by atoms with Gasteiger partial charge in [0.15, 0.2) is 0 Å². The van der Waals surface area contributed by atoms with Crippen molar-refractivity contribution in [3.05, 3.63) is 33.8 Å². The van der Waals surface area contributed by atoms with Crippen molar-refractivity contribution in [1.29, 1.82) is 0 Å². The quantitative estimate of drug-likeness (QED) is 0.899. The number of rotatable bonds is 5. The first kappa shape index (κ1) is 14.6. The molecule has 0 saturated carbocycles. The number of benzene rings is 1. The van der Waals surface area contributed by atoms with Crippen molar-refractivity contribution >= 4 is 33.6 Å². The van der Waals surface area contributed by atoms with E-state index in [1.165, 1.54) is 0 Å². The molecule has 1 amide bonds. The highest BCUT2D eigenvalue weighted by Gasteiger charge is 2.09. The first-order valence-corrected chi connectivity index (χ1v) is 7.70. The number of carbonyl (C=O) groups is 1. The van der Waals surface area contributed by atoms with E-state index < -0.39 is 0 Å². The number of aryl methyl sites for hydroxylation is 1. The van der Waals surface area contributed by atoms with E-state index in [9.17, 15) is 4.79 Å².